The van der Waals surface area contributed by atoms with E-state index in [0.717, 1.165) is 0 Å². The summed E-state index contributed by atoms with van der Waals surface area (Å²) in [5.74, 6) is -2.80. The maximum atomic E-state index is 11.6. The van der Waals surface area contributed by atoms with Crippen LogP contribution in [0, 0.1) is 13.1 Å². The monoisotopic (exact) mass is 275 g/mol. The van der Waals surface area contributed by atoms with Gasteiger partial charge < -0.3 is 9.47 Å². The minimum absolute atomic E-state index is 0.0178. The van der Waals surface area contributed by atoms with Gasteiger partial charge in [-0.3, -0.25) is 9.69 Å². The quantitative estimate of drug-likeness (QED) is 0.335. The summed E-state index contributed by atoms with van der Waals surface area (Å²) in [6.07, 6.45) is 4.08. The van der Waals surface area contributed by atoms with Crippen LogP contribution in [0.1, 0.15) is 13.8 Å². The van der Waals surface area contributed by atoms with Gasteiger partial charge >= 0.3 is 11.9 Å². The molecule has 0 radical (unpaired) electrons. The minimum Gasteiger partial charge on any atom is -0.419 e. The van der Waals surface area contributed by atoms with Crippen molar-refractivity contribution in [3.8, 4) is 0 Å². The molecule has 1 fully saturated rings. The molecule has 7 nitrogen and oxygen atoms in total. The summed E-state index contributed by atoms with van der Waals surface area (Å²) in [6.45, 7) is 16.4. The lowest BCUT2D eigenvalue weighted by molar-refractivity contribution is -0.222. The Bertz CT molecular complexity index is 511. The van der Waals surface area contributed by atoms with Crippen molar-refractivity contribution in [2.75, 3.05) is 13.3 Å². The molecule has 0 aromatic heterocycles. The molecule has 0 bridgehead atoms. The molecule has 0 aliphatic carbocycles. The molecule has 20 heavy (non-hydrogen) atoms. The number of allylic oxidation sites excluding steroid dienone is 2. The van der Waals surface area contributed by atoms with E-state index in [4.69, 9.17) is 22.6 Å². The van der Waals surface area contributed by atoms with Crippen LogP contribution in [0.3, 0.4) is 0 Å². The maximum absolute atomic E-state index is 11.6. The molecule has 0 N–H and O–H groups in total. The van der Waals surface area contributed by atoms with E-state index in [1.165, 1.54) is 37.1 Å². The van der Waals surface area contributed by atoms with Crippen molar-refractivity contribution in [2.24, 2.45) is 0 Å². The van der Waals surface area contributed by atoms with Crippen LogP contribution in [0.25, 0.3) is 9.69 Å². The molecule has 1 saturated heterocycles. The van der Waals surface area contributed by atoms with Crippen LogP contribution in [0.5, 0.6) is 0 Å². The topological polar surface area (TPSA) is 64.6 Å². The Morgan fingerprint density at radius 1 is 1.15 bits per heavy atom. The van der Waals surface area contributed by atoms with E-state index in [9.17, 15) is 9.59 Å². The average molecular weight is 275 g/mol. The van der Waals surface area contributed by atoms with Gasteiger partial charge in [-0.2, -0.15) is 0 Å². The third-order valence-electron chi connectivity index (χ3n) is 2.18. The Kier molecular flexibility index (Phi) is 4.88. The van der Waals surface area contributed by atoms with E-state index in [0.29, 0.717) is 0 Å². The van der Waals surface area contributed by atoms with Gasteiger partial charge in [0.2, 0.25) is 0 Å². The van der Waals surface area contributed by atoms with Gasteiger partial charge in [0.15, 0.2) is 0 Å². The number of nitrogens with zero attached hydrogens (tertiary/aromatic N) is 3. The van der Waals surface area contributed by atoms with Crippen LogP contribution in [0.4, 0.5) is 0 Å². The van der Waals surface area contributed by atoms with Gasteiger partial charge in [-0.15, -0.1) is 0 Å². The van der Waals surface area contributed by atoms with Crippen LogP contribution in [0.15, 0.2) is 23.9 Å². The fraction of sp³-hybridized carbons (Fsp3) is 0.385. The van der Waals surface area contributed by atoms with Crippen LogP contribution >= 0.6 is 0 Å². The lowest BCUT2D eigenvalue weighted by atomic mass is 10.2. The molecule has 0 amide bonds. The van der Waals surface area contributed by atoms with Crippen molar-refractivity contribution in [3.63, 3.8) is 0 Å². The first-order valence-corrected chi connectivity index (χ1v) is 5.65. The molecule has 1 aliphatic heterocycles. The fourth-order valence-corrected chi connectivity index (χ4v) is 1.38. The van der Waals surface area contributed by atoms with E-state index < -0.39 is 17.7 Å². The van der Waals surface area contributed by atoms with Crippen LogP contribution in [0.2, 0.25) is 0 Å². The summed E-state index contributed by atoms with van der Waals surface area (Å²) in [6, 6.07) is 0. The maximum Gasteiger partial charge on any atom is 0.348 e. The summed E-state index contributed by atoms with van der Waals surface area (Å²) in [7, 11) is 0. The highest BCUT2D eigenvalue weighted by Crippen LogP contribution is 2.22. The fourth-order valence-electron chi connectivity index (χ4n) is 1.38. The van der Waals surface area contributed by atoms with Crippen molar-refractivity contribution in [2.45, 2.75) is 19.6 Å². The number of hydrogen-bond donors (Lipinski definition) is 0. The zero-order valence-corrected chi connectivity index (χ0v) is 11.1. The Morgan fingerprint density at radius 3 is 2.10 bits per heavy atom. The van der Waals surface area contributed by atoms with E-state index in [1.807, 2.05) is 0 Å². The standard InChI is InChI=1S/C13H13N3O4/c1-13(2)19-11(17)10(12(18)20-13)6-5-7-16(8-14-3)9-15-4/h5-7H,8-9H2,1-2H3. The molecule has 0 saturated carbocycles. The number of rotatable bonds is 4. The summed E-state index contributed by atoms with van der Waals surface area (Å²) < 4.78 is 9.83. The molecule has 1 heterocycles. The molecule has 0 spiro atoms. The molecule has 0 atom stereocenters. The largest absolute Gasteiger partial charge is 0.419 e. The first-order chi connectivity index (χ1) is 9.39. The van der Waals surface area contributed by atoms with Gasteiger partial charge in [0.05, 0.1) is 0 Å². The highest BCUT2D eigenvalue weighted by molar-refractivity contribution is 6.15. The van der Waals surface area contributed by atoms with Crippen molar-refractivity contribution in [1.82, 2.24) is 4.90 Å². The highest BCUT2D eigenvalue weighted by atomic mass is 16.7. The SMILES string of the molecule is [C-]#[N+]CN(C=CC=C1C(=O)OC(C)(C)OC1=O)C[N+]#[C-]. The summed E-state index contributed by atoms with van der Waals surface area (Å²) in [4.78, 5) is 30.9. The van der Waals surface area contributed by atoms with E-state index in [2.05, 4.69) is 9.69 Å². The average Bonchev–Trinajstić information content (AvgIpc) is 2.31. The van der Waals surface area contributed by atoms with E-state index in [-0.39, 0.29) is 18.9 Å². The van der Waals surface area contributed by atoms with Gasteiger partial charge in [-0.05, 0) is 12.2 Å². The van der Waals surface area contributed by atoms with Crippen LogP contribution < -0.4 is 0 Å². The molecule has 1 rings (SSSR count). The van der Waals surface area contributed by atoms with Gasteiger partial charge in [0, 0.05) is 20.0 Å². The smallest absolute Gasteiger partial charge is 0.348 e. The van der Waals surface area contributed by atoms with E-state index >= 15 is 0 Å². The normalized spacial score (nSPS) is 16.9. The second kappa shape index (κ2) is 6.39. The predicted octanol–water partition coefficient (Wildman–Crippen LogP) is 1.32. The zero-order chi connectivity index (χ0) is 15.2. The number of ether oxygens (including phenoxy) is 2. The van der Waals surface area contributed by atoms with Gasteiger partial charge in [-0.1, -0.05) is 0 Å². The lowest BCUT2D eigenvalue weighted by Gasteiger charge is -2.29. The molecule has 0 aromatic carbocycles. The number of cyclic esters (lactones) is 2. The number of esters is 2. The highest BCUT2D eigenvalue weighted by Gasteiger charge is 2.38. The molecule has 0 aromatic rings. The van der Waals surface area contributed by atoms with Crippen molar-refractivity contribution in [3.05, 3.63) is 46.8 Å². The number of hydrogen-bond acceptors (Lipinski definition) is 5. The Hall–Kier alpha value is -2.80. The second-order valence-corrected chi connectivity index (χ2v) is 4.29. The van der Waals surface area contributed by atoms with Crippen LogP contribution in [-0.2, 0) is 19.1 Å². The van der Waals surface area contributed by atoms with E-state index in [1.54, 1.807) is 0 Å². The Labute approximate surface area is 116 Å². The molecular weight excluding hydrogens is 262 g/mol. The van der Waals surface area contributed by atoms with Gasteiger partial charge in [-0.25, -0.2) is 27.6 Å². The van der Waals surface area contributed by atoms with Gasteiger partial charge in [0.1, 0.15) is 5.57 Å². The zero-order valence-electron chi connectivity index (χ0n) is 11.1. The lowest BCUT2D eigenvalue weighted by Crippen LogP contribution is -2.41. The van der Waals surface area contributed by atoms with Crippen molar-refractivity contribution in [1.29, 1.82) is 0 Å². The van der Waals surface area contributed by atoms with Crippen LogP contribution in [-0.4, -0.2) is 36.0 Å². The summed E-state index contributed by atoms with van der Waals surface area (Å²) in [5.41, 5.74) is -0.230. The molecule has 7 heteroatoms. The van der Waals surface area contributed by atoms with Crippen molar-refractivity contribution >= 4 is 11.9 Å². The predicted molar refractivity (Wildman–Crippen MR) is 68.3 cm³/mol. The van der Waals surface area contributed by atoms with Crippen molar-refractivity contribution < 1.29 is 19.1 Å². The summed E-state index contributed by atoms with van der Waals surface area (Å²) in [5, 5.41) is 0. The molecule has 1 aliphatic rings. The number of carbonyl (C=O) groups is 2. The third-order valence-corrected chi connectivity index (χ3v) is 2.18. The first-order valence-electron chi connectivity index (χ1n) is 5.65. The Morgan fingerprint density at radius 2 is 1.65 bits per heavy atom. The minimum atomic E-state index is -1.27. The first kappa shape index (κ1) is 15.3. The Balaban J connectivity index is 2.80. The second-order valence-electron chi connectivity index (χ2n) is 4.29. The molecule has 104 valence electrons. The van der Waals surface area contributed by atoms with Gasteiger partial charge in [0.25, 0.3) is 19.1 Å². The molecular formula is C13H13N3O4. The number of carbonyl (C=O) groups excluding carboxylic acids is 2. The molecule has 0 unspecified atom stereocenters. The summed E-state index contributed by atoms with van der Waals surface area (Å²) >= 11 is 0. The third kappa shape index (κ3) is 4.14.